The van der Waals surface area contributed by atoms with E-state index < -0.39 is 17.5 Å². The van der Waals surface area contributed by atoms with Crippen LogP contribution in [0.3, 0.4) is 0 Å². The van der Waals surface area contributed by atoms with Gasteiger partial charge in [-0.3, -0.25) is 14.4 Å². The second-order valence-corrected chi connectivity index (χ2v) is 6.90. The summed E-state index contributed by atoms with van der Waals surface area (Å²) in [5.74, 6) is -1.48. The molecule has 3 aliphatic rings. The number of fused-ring (bicyclic) bond motifs is 2. The van der Waals surface area contributed by atoms with Crippen LogP contribution >= 0.6 is 0 Å². The molecule has 150 valence electrons. The number of nitrogens with two attached hydrogens (primary N) is 1. The molecule has 9 nitrogen and oxygen atoms in total. The van der Waals surface area contributed by atoms with Gasteiger partial charge in [0, 0.05) is 39.1 Å². The van der Waals surface area contributed by atoms with Crippen LogP contribution < -0.4 is 11.1 Å². The Hall–Kier alpha value is -1.71. The molecule has 3 saturated heterocycles. The minimum atomic E-state index is -0.833. The van der Waals surface area contributed by atoms with Gasteiger partial charge in [-0.2, -0.15) is 0 Å². The quantitative estimate of drug-likeness (QED) is 0.531. The van der Waals surface area contributed by atoms with Crippen molar-refractivity contribution in [2.75, 3.05) is 20.2 Å². The number of hydrogen-bond acceptors (Lipinski definition) is 6. The van der Waals surface area contributed by atoms with Crippen molar-refractivity contribution in [3.8, 4) is 0 Å². The minimum absolute atomic E-state index is 0.170. The van der Waals surface area contributed by atoms with Gasteiger partial charge in [0.1, 0.15) is 5.60 Å². The number of methoxy groups -OCH3 is 1. The maximum Gasteiger partial charge on any atom is 0.300 e. The van der Waals surface area contributed by atoms with Crippen LogP contribution in [0.4, 0.5) is 0 Å². The molecule has 26 heavy (non-hydrogen) atoms. The van der Waals surface area contributed by atoms with Crippen LogP contribution in [0.5, 0.6) is 0 Å². The number of aliphatic carboxylic acids is 2. The summed E-state index contributed by atoms with van der Waals surface area (Å²) in [4.78, 5) is 32.9. The lowest BCUT2D eigenvalue weighted by Gasteiger charge is -2.39. The summed E-state index contributed by atoms with van der Waals surface area (Å²) in [7, 11) is 1.67. The third kappa shape index (κ3) is 5.65. The number of ether oxygens (including phenoxy) is 1. The number of piperidine rings is 1. The van der Waals surface area contributed by atoms with Crippen molar-refractivity contribution < 1.29 is 29.3 Å². The normalized spacial score (nSPS) is 28.3. The maximum absolute atomic E-state index is 12.9. The number of carbonyl (C=O) groups excluding carboxylic acids is 1. The SMILES string of the molecule is CC(=O)O.CC(=O)O.COC1(C(=O)N2[C@@H]3CC[C@H]2[C@H](N)C3)CCNCC1. The first-order valence-electron chi connectivity index (χ1n) is 8.88. The first kappa shape index (κ1) is 22.3. The minimum Gasteiger partial charge on any atom is -0.481 e. The summed E-state index contributed by atoms with van der Waals surface area (Å²) in [5, 5.41) is 18.1. The van der Waals surface area contributed by atoms with Crippen LogP contribution in [-0.4, -0.2) is 76.9 Å². The smallest absolute Gasteiger partial charge is 0.300 e. The maximum atomic E-state index is 12.9. The lowest BCUT2D eigenvalue weighted by molar-refractivity contribution is -0.159. The fourth-order valence-corrected chi connectivity index (χ4v) is 3.92. The molecule has 0 aromatic rings. The van der Waals surface area contributed by atoms with E-state index in [0.717, 1.165) is 59.0 Å². The van der Waals surface area contributed by atoms with Crippen molar-refractivity contribution in [3.05, 3.63) is 0 Å². The molecule has 0 aliphatic carbocycles. The molecule has 0 saturated carbocycles. The highest BCUT2D eigenvalue weighted by Crippen LogP contribution is 2.40. The van der Waals surface area contributed by atoms with E-state index in [1.807, 2.05) is 0 Å². The Morgan fingerprint density at radius 2 is 1.62 bits per heavy atom. The molecule has 0 aromatic carbocycles. The average Bonchev–Trinajstić information content (AvgIpc) is 3.10. The molecule has 2 bridgehead atoms. The number of nitrogens with one attached hydrogen (secondary N) is 1. The van der Waals surface area contributed by atoms with Crippen LogP contribution in [0, 0.1) is 0 Å². The van der Waals surface area contributed by atoms with E-state index in [2.05, 4.69) is 10.2 Å². The first-order valence-corrected chi connectivity index (χ1v) is 8.88. The summed E-state index contributed by atoms with van der Waals surface area (Å²) in [6.07, 6.45) is 4.69. The molecule has 3 atom stereocenters. The topological polar surface area (TPSA) is 142 Å². The van der Waals surface area contributed by atoms with E-state index >= 15 is 0 Å². The fraction of sp³-hybridized carbons (Fsp3) is 0.824. The predicted octanol–water partition coefficient (Wildman–Crippen LogP) is 0.0274. The Balaban J connectivity index is 0.000000360. The highest BCUT2D eigenvalue weighted by Gasteiger charge is 2.53. The molecular weight excluding hydrogens is 342 g/mol. The Labute approximate surface area is 153 Å². The van der Waals surface area contributed by atoms with Crippen LogP contribution in [0.2, 0.25) is 0 Å². The third-order valence-corrected chi connectivity index (χ3v) is 5.01. The van der Waals surface area contributed by atoms with Crippen molar-refractivity contribution >= 4 is 17.8 Å². The number of nitrogens with zero attached hydrogens (tertiary/aromatic N) is 1. The summed E-state index contributed by atoms with van der Waals surface area (Å²) in [6, 6.07) is 0.784. The lowest BCUT2D eigenvalue weighted by Crippen LogP contribution is -2.57. The predicted molar refractivity (Wildman–Crippen MR) is 94.7 cm³/mol. The lowest BCUT2D eigenvalue weighted by atomic mass is 9.90. The molecule has 0 unspecified atom stereocenters. The Bertz CT molecular complexity index is 487. The van der Waals surface area contributed by atoms with E-state index in [1.165, 1.54) is 0 Å². The second kappa shape index (κ2) is 9.84. The van der Waals surface area contributed by atoms with Crippen molar-refractivity contribution in [1.29, 1.82) is 0 Å². The van der Waals surface area contributed by atoms with Gasteiger partial charge in [0.2, 0.25) is 0 Å². The van der Waals surface area contributed by atoms with Crippen LogP contribution in [0.25, 0.3) is 0 Å². The van der Waals surface area contributed by atoms with Gasteiger partial charge in [0.15, 0.2) is 0 Å². The van der Waals surface area contributed by atoms with E-state index in [1.54, 1.807) is 7.11 Å². The molecule has 3 heterocycles. The number of hydrogen-bond donors (Lipinski definition) is 4. The summed E-state index contributed by atoms with van der Waals surface area (Å²) < 4.78 is 5.64. The number of rotatable bonds is 2. The number of amides is 1. The largest absolute Gasteiger partial charge is 0.481 e. The van der Waals surface area contributed by atoms with E-state index in [-0.39, 0.29) is 18.0 Å². The Kier molecular flexibility index (Phi) is 8.45. The molecular formula is C17H31N3O6. The first-order chi connectivity index (χ1) is 12.1. The van der Waals surface area contributed by atoms with Gasteiger partial charge >= 0.3 is 0 Å². The van der Waals surface area contributed by atoms with Gasteiger partial charge < -0.3 is 30.9 Å². The summed E-state index contributed by atoms with van der Waals surface area (Å²) in [5.41, 5.74) is 5.51. The monoisotopic (exact) mass is 373 g/mol. The Morgan fingerprint density at radius 3 is 1.96 bits per heavy atom. The average molecular weight is 373 g/mol. The van der Waals surface area contributed by atoms with Gasteiger partial charge in [0.05, 0.1) is 0 Å². The summed E-state index contributed by atoms with van der Waals surface area (Å²) >= 11 is 0. The van der Waals surface area contributed by atoms with Crippen molar-refractivity contribution in [3.63, 3.8) is 0 Å². The standard InChI is InChI=1S/C13H23N3O2.2C2H4O2/c1-18-13(4-6-15-7-5-13)12(17)16-9-2-3-11(16)10(14)8-9;2*1-2(3)4/h9-11,15H,2-8,14H2,1H3;2*1H3,(H,3,4)/t9-,10-,11+;;/m1../s1. The molecule has 3 fully saturated rings. The Morgan fingerprint density at radius 1 is 1.12 bits per heavy atom. The summed E-state index contributed by atoms with van der Waals surface area (Å²) in [6.45, 7) is 3.88. The zero-order valence-electron chi connectivity index (χ0n) is 15.7. The highest BCUT2D eigenvalue weighted by atomic mass is 16.5. The van der Waals surface area contributed by atoms with Gasteiger partial charge in [-0.05, 0) is 45.2 Å². The van der Waals surface area contributed by atoms with E-state index in [9.17, 15) is 4.79 Å². The van der Waals surface area contributed by atoms with Crippen LogP contribution in [-0.2, 0) is 19.1 Å². The molecule has 0 aromatic heterocycles. The van der Waals surface area contributed by atoms with Crippen molar-refractivity contribution in [2.24, 2.45) is 5.73 Å². The van der Waals surface area contributed by atoms with E-state index in [4.69, 9.17) is 30.3 Å². The number of carboxylic acids is 2. The highest BCUT2D eigenvalue weighted by molar-refractivity contribution is 5.86. The van der Waals surface area contributed by atoms with Crippen molar-refractivity contribution in [1.82, 2.24) is 10.2 Å². The zero-order chi connectivity index (χ0) is 19.9. The molecule has 0 radical (unpaired) electrons. The van der Waals surface area contributed by atoms with Crippen LogP contribution in [0.15, 0.2) is 0 Å². The van der Waals surface area contributed by atoms with Gasteiger partial charge in [-0.1, -0.05) is 0 Å². The van der Waals surface area contributed by atoms with Gasteiger partial charge in [0.25, 0.3) is 17.8 Å². The van der Waals surface area contributed by atoms with Crippen LogP contribution in [0.1, 0.15) is 46.0 Å². The number of carbonyl (C=O) groups is 3. The van der Waals surface area contributed by atoms with Crippen molar-refractivity contribution in [2.45, 2.75) is 69.7 Å². The molecule has 3 aliphatic heterocycles. The molecule has 5 N–H and O–H groups in total. The third-order valence-electron chi connectivity index (χ3n) is 5.01. The van der Waals surface area contributed by atoms with Gasteiger partial charge in [-0.15, -0.1) is 0 Å². The molecule has 1 amide bonds. The molecule has 3 rings (SSSR count). The van der Waals surface area contributed by atoms with E-state index in [0.29, 0.717) is 6.04 Å². The number of carboxylic acid groups (broad SMARTS) is 2. The fourth-order valence-electron chi connectivity index (χ4n) is 3.92. The van der Waals surface area contributed by atoms with Gasteiger partial charge in [-0.25, -0.2) is 0 Å². The molecule has 0 spiro atoms. The second-order valence-electron chi connectivity index (χ2n) is 6.90. The molecule has 9 heteroatoms. The zero-order valence-corrected chi connectivity index (χ0v) is 15.7.